The first-order valence-electron chi connectivity index (χ1n) is 5.77. The Morgan fingerprint density at radius 2 is 2.06 bits per heavy atom. The molecule has 0 aliphatic heterocycles. The predicted molar refractivity (Wildman–Crippen MR) is 64.0 cm³/mol. The van der Waals surface area contributed by atoms with Crippen LogP contribution in [0.15, 0.2) is 42.2 Å². The van der Waals surface area contributed by atoms with Gasteiger partial charge in [0, 0.05) is 6.42 Å². The highest BCUT2D eigenvalue weighted by Crippen LogP contribution is 2.21. The van der Waals surface area contributed by atoms with Gasteiger partial charge >= 0.3 is 0 Å². The Morgan fingerprint density at radius 1 is 1.25 bits per heavy atom. The zero-order chi connectivity index (χ0) is 11.2. The van der Waals surface area contributed by atoms with Gasteiger partial charge in [-0.25, -0.2) is 0 Å². The van der Waals surface area contributed by atoms with Crippen LogP contribution in [0.2, 0.25) is 0 Å². The summed E-state index contributed by atoms with van der Waals surface area (Å²) in [5.41, 5.74) is 1.24. The minimum Gasteiger partial charge on any atom is -0.501 e. The molecular formula is C14H18O2. The minimum absolute atomic E-state index is 0.346. The molecule has 0 aromatic heterocycles. The summed E-state index contributed by atoms with van der Waals surface area (Å²) in [5, 5.41) is 0. The molecule has 0 saturated heterocycles. The highest BCUT2D eigenvalue weighted by molar-refractivity contribution is 5.13. The third kappa shape index (κ3) is 3.11. The van der Waals surface area contributed by atoms with Crippen molar-refractivity contribution in [2.24, 2.45) is 0 Å². The normalized spacial score (nSPS) is 20.3. The van der Waals surface area contributed by atoms with Crippen molar-refractivity contribution in [3.8, 4) is 0 Å². The number of benzene rings is 1. The number of rotatable bonds is 4. The van der Waals surface area contributed by atoms with E-state index in [-0.39, 0.29) is 0 Å². The van der Waals surface area contributed by atoms with E-state index < -0.39 is 0 Å². The zero-order valence-corrected chi connectivity index (χ0v) is 9.69. The number of hydrogen-bond donors (Lipinski definition) is 0. The van der Waals surface area contributed by atoms with Crippen LogP contribution >= 0.6 is 0 Å². The summed E-state index contributed by atoms with van der Waals surface area (Å²) in [6.45, 7) is 0.710. The summed E-state index contributed by atoms with van der Waals surface area (Å²) in [6, 6.07) is 10.3. The van der Waals surface area contributed by atoms with E-state index in [0.29, 0.717) is 12.7 Å². The van der Waals surface area contributed by atoms with Crippen molar-refractivity contribution in [3.63, 3.8) is 0 Å². The van der Waals surface area contributed by atoms with Crippen molar-refractivity contribution in [2.75, 3.05) is 7.11 Å². The van der Waals surface area contributed by atoms with Gasteiger partial charge < -0.3 is 9.47 Å². The van der Waals surface area contributed by atoms with Crippen molar-refractivity contribution < 1.29 is 9.47 Å². The number of ether oxygens (including phenoxy) is 2. The highest BCUT2D eigenvalue weighted by Gasteiger charge is 2.14. The molecule has 0 N–H and O–H groups in total. The van der Waals surface area contributed by atoms with Crippen LogP contribution in [0.1, 0.15) is 24.8 Å². The molecule has 0 heterocycles. The zero-order valence-electron chi connectivity index (χ0n) is 9.69. The first kappa shape index (κ1) is 11.2. The van der Waals surface area contributed by atoms with E-state index in [1.807, 2.05) is 18.2 Å². The van der Waals surface area contributed by atoms with Crippen LogP contribution in [0.3, 0.4) is 0 Å². The molecule has 2 heteroatoms. The lowest BCUT2D eigenvalue weighted by molar-refractivity contribution is 0.0294. The molecule has 16 heavy (non-hydrogen) atoms. The maximum atomic E-state index is 5.86. The first-order chi connectivity index (χ1) is 7.88. The van der Waals surface area contributed by atoms with Crippen molar-refractivity contribution in [1.82, 2.24) is 0 Å². The number of allylic oxidation sites excluding steroid dienone is 1. The van der Waals surface area contributed by atoms with Crippen LogP contribution in [-0.4, -0.2) is 13.2 Å². The summed E-state index contributed by atoms with van der Waals surface area (Å²) < 4.78 is 11.1. The summed E-state index contributed by atoms with van der Waals surface area (Å²) >= 11 is 0. The van der Waals surface area contributed by atoms with Crippen LogP contribution in [-0.2, 0) is 16.1 Å². The summed E-state index contributed by atoms with van der Waals surface area (Å²) in [7, 11) is 1.73. The quantitative estimate of drug-likeness (QED) is 0.772. The number of methoxy groups -OCH3 is 1. The van der Waals surface area contributed by atoms with Gasteiger partial charge in [0.2, 0.25) is 0 Å². The Morgan fingerprint density at radius 3 is 2.69 bits per heavy atom. The lowest BCUT2D eigenvalue weighted by atomic mass is 10.0. The van der Waals surface area contributed by atoms with Crippen molar-refractivity contribution in [1.29, 1.82) is 0 Å². The second-order valence-electron chi connectivity index (χ2n) is 4.07. The van der Waals surface area contributed by atoms with Gasteiger partial charge in [0.05, 0.1) is 25.6 Å². The fourth-order valence-corrected chi connectivity index (χ4v) is 1.91. The van der Waals surface area contributed by atoms with Gasteiger partial charge in [0.15, 0.2) is 0 Å². The molecule has 86 valence electrons. The topological polar surface area (TPSA) is 18.5 Å². The Balaban J connectivity index is 1.78. The molecule has 1 aliphatic carbocycles. The minimum atomic E-state index is 0.346. The molecule has 0 saturated carbocycles. The Labute approximate surface area is 96.9 Å². The van der Waals surface area contributed by atoms with Crippen molar-refractivity contribution >= 4 is 0 Å². The van der Waals surface area contributed by atoms with Crippen LogP contribution in [0.4, 0.5) is 0 Å². The van der Waals surface area contributed by atoms with Gasteiger partial charge in [-0.1, -0.05) is 30.3 Å². The Bertz CT molecular complexity index is 343. The molecular weight excluding hydrogens is 200 g/mol. The van der Waals surface area contributed by atoms with Crippen LogP contribution in [0, 0.1) is 0 Å². The molecule has 2 rings (SSSR count). The van der Waals surface area contributed by atoms with Gasteiger partial charge in [-0.15, -0.1) is 0 Å². The van der Waals surface area contributed by atoms with Crippen LogP contribution < -0.4 is 0 Å². The fourth-order valence-electron chi connectivity index (χ4n) is 1.91. The molecule has 1 aromatic carbocycles. The van der Waals surface area contributed by atoms with Gasteiger partial charge in [0.1, 0.15) is 0 Å². The Kier molecular flexibility index (Phi) is 4.00. The molecule has 2 nitrogen and oxygen atoms in total. The molecule has 1 atom stereocenters. The van der Waals surface area contributed by atoms with E-state index in [0.717, 1.165) is 25.0 Å². The van der Waals surface area contributed by atoms with Crippen LogP contribution in [0.25, 0.3) is 0 Å². The third-order valence-electron chi connectivity index (χ3n) is 2.91. The monoisotopic (exact) mass is 218 g/mol. The lowest BCUT2D eigenvalue weighted by Gasteiger charge is -2.21. The average molecular weight is 218 g/mol. The largest absolute Gasteiger partial charge is 0.501 e. The van der Waals surface area contributed by atoms with Crippen molar-refractivity contribution in [3.05, 3.63) is 47.7 Å². The Hall–Kier alpha value is -1.28. The van der Waals surface area contributed by atoms with Gasteiger partial charge in [-0.2, -0.15) is 0 Å². The summed E-state index contributed by atoms with van der Waals surface area (Å²) in [4.78, 5) is 0. The lowest BCUT2D eigenvalue weighted by Crippen LogP contribution is -2.16. The standard InChI is InChI=1S/C14H18O2/c1-15-13-7-9-14(10-8-13)16-11-12-5-3-2-4-6-12/h2-7,14H,8-11H2,1H3/t14-/m0/s1. The second-order valence-corrected chi connectivity index (χ2v) is 4.07. The molecule has 0 spiro atoms. The van der Waals surface area contributed by atoms with E-state index in [2.05, 4.69) is 18.2 Å². The fraction of sp³-hybridized carbons (Fsp3) is 0.429. The van der Waals surface area contributed by atoms with Gasteiger partial charge in [0.25, 0.3) is 0 Å². The van der Waals surface area contributed by atoms with E-state index in [1.165, 1.54) is 5.56 Å². The summed E-state index contributed by atoms with van der Waals surface area (Å²) in [5.74, 6) is 1.10. The summed E-state index contributed by atoms with van der Waals surface area (Å²) in [6.07, 6.45) is 5.51. The predicted octanol–water partition coefficient (Wildman–Crippen LogP) is 3.29. The molecule has 0 fully saturated rings. The average Bonchev–Trinajstić information content (AvgIpc) is 2.38. The smallest absolute Gasteiger partial charge is 0.0917 e. The maximum Gasteiger partial charge on any atom is 0.0917 e. The molecule has 1 aromatic rings. The van der Waals surface area contributed by atoms with Gasteiger partial charge in [-0.3, -0.25) is 0 Å². The third-order valence-corrected chi connectivity index (χ3v) is 2.91. The molecule has 0 radical (unpaired) electrons. The number of hydrogen-bond acceptors (Lipinski definition) is 2. The molecule has 0 unspecified atom stereocenters. The van der Waals surface area contributed by atoms with E-state index in [1.54, 1.807) is 7.11 Å². The second kappa shape index (κ2) is 5.71. The molecule has 1 aliphatic rings. The molecule has 0 bridgehead atoms. The highest BCUT2D eigenvalue weighted by atomic mass is 16.5. The maximum absolute atomic E-state index is 5.86. The van der Waals surface area contributed by atoms with Crippen LogP contribution in [0.5, 0.6) is 0 Å². The first-order valence-corrected chi connectivity index (χ1v) is 5.77. The van der Waals surface area contributed by atoms with E-state index in [4.69, 9.17) is 9.47 Å². The molecule has 0 amide bonds. The van der Waals surface area contributed by atoms with E-state index in [9.17, 15) is 0 Å². The SMILES string of the molecule is COC1=CC[C@H](OCc2ccccc2)CC1. The van der Waals surface area contributed by atoms with Crippen molar-refractivity contribution in [2.45, 2.75) is 32.0 Å². The van der Waals surface area contributed by atoms with E-state index >= 15 is 0 Å². The van der Waals surface area contributed by atoms with Gasteiger partial charge in [-0.05, 0) is 24.5 Å².